The van der Waals surface area contributed by atoms with Crippen molar-refractivity contribution in [1.29, 1.82) is 0 Å². The van der Waals surface area contributed by atoms with Gasteiger partial charge in [0.15, 0.2) is 0 Å². The third-order valence-corrected chi connectivity index (χ3v) is 2.72. The van der Waals surface area contributed by atoms with Crippen molar-refractivity contribution >= 4 is 11.6 Å². The molecule has 0 aliphatic carbocycles. The lowest BCUT2D eigenvalue weighted by Crippen LogP contribution is -2.12. The summed E-state index contributed by atoms with van der Waals surface area (Å²) in [6, 6.07) is 3.76. The molecule has 1 N–H and O–H groups in total. The number of alkyl halides is 1. The van der Waals surface area contributed by atoms with Gasteiger partial charge in [0.25, 0.3) is 0 Å². The molecular formula is C11H16ClNO2. The average molecular weight is 230 g/mol. The van der Waals surface area contributed by atoms with E-state index in [2.05, 4.69) is 5.32 Å². The third kappa shape index (κ3) is 2.55. The second-order valence-corrected chi connectivity index (χ2v) is 3.65. The molecule has 0 saturated carbocycles. The first kappa shape index (κ1) is 12.1. The van der Waals surface area contributed by atoms with Gasteiger partial charge < -0.3 is 14.8 Å². The van der Waals surface area contributed by atoms with E-state index in [9.17, 15) is 0 Å². The summed E-state index contributed by atoms with van der Waals surface area (Å²) in [4.78, 5) is 0. The zero-order chi connectivity index (χ0) is 11.4. The second kappa shape index (κ2) is 5.24. The van der Waals surface area contributed by atoms with Crippen LogP contribution in [0.25, 0.3) is 0 Å². The Hall–Kier alpha value is -0.930. The summed E-state index contributed by atoms with van der Waals surface area (Å²) in [7, 11) is 5.06. The quantitative estimate of drug-likeness (QED) is 0.636. The number of hydrogen-bond donors (Lipinski definition) is 1. The Balaban J connectivity index is 3.24. The van der Waals surface area contributed by atoms with Crippen LogP contribution in [0.15, 0.2) is 12.1 Å². The van der Waals surface area contributed by atoms with Gasteiger partial charge in [0.05, 0.1) is 14.2 Å². The Bertz CT molecular complexity index is 342. The van der Waals surface area contributed by atoms with E-state index < -0.39 is 0 Å². The molecule has 0 heterocycles. The zero-order valence-electron chi connectivity index (χ0n) is 9.43. The van der Waals surface area contributed by atoms with Crippen LogP contribution < -0.4 is 14.8 Å². The highest BCUT2D eigenvalue weighted by atomic mass is 35.5. The molecule has 1 unspecified atom stereocenters. The van der Waals surface area contributed by atoms with E-state index in [-0.39, 0.29) is 5.50 Å². The maximum absolute atomic E-state index is 6.14. The van der Waals surface area contributed by atoms with E-state index in [0.29, 0.717) is 0 Å². The van der Waals surface area contributed by atoms with Crippen LogP contribution >= 0.6 is 11.6 Å². The van der Waals surface area contributed by atoms with Gasteiger partial charge in [0.2, 0.25) is 0 Å². The first-order chi connectivity index (χ1) is 7.13. The topological polar surface area (TPSA) is 30.5 Å². The van der Waals surface area contributed by atoms with Crippen LogP contribution in [-0.2, 0) is 0 Å². The first-order valence-electron chi connectivity index (χ1n) is 4.68. The van der Waals surface area contributed by atoms with Gasteiger partial charge in [0.1, 0.15) is 17.0 Å². The predicted molar refractivity (Wildman–Crippen MR) is 61.9 cm³/mol. The minimum atomic E-state index is -0.258. The smallest absolute Gasteiger partial charge is 0.128 e. The van der Waals surface area contributed by atoms with Crippen molar-refractivity contribution in [2.75, 3.05) is 21.3 Å². The Kier molecular flexibility index (Phi) is 4.24. The summed E-state index contributed by atoms with van der Waals surface area (Å²) in [6.45, 7) is 1.98. The van der Waals surface area contributed by atoms with Crippen molar-refractivity contribution in [1.82, 2.24) is 5.32 Å². The van der Waals surface area contributed by atoms with Gasteiger partial charge in [-0.2, -0.15) is 0 Å². The number of ether oxygens (including phenoxy) is 2. The van der Waals surface area contributed by atoms with Crippen LogP contribution in [-0.4, -0.2) is 21.3 Å². The molecule has 0 radical (unpaired) electrons. The minimum absolute atomic E-state index is 0.258. The van der Waals surface area contributed by atoms with Gasteiger partial charge in [-0.3, -0.25) is 0 Å². The molecule has 1 aromatic carbocycles. The maximum Gasteiger partial charge on any atom is 0.128 e. The highest BCUT2D eigenvalue weighted by molar-refractivity contribution is 6.20. The van der Waals surface area contributed by atoms with Gasteiger partial charge in [-0.05, 0) is 25.6 Å². The van der Waals surface area contributed by atoms with Crippen LogP contribution in [0.2, 0.25) is 0 Å². The summed E-state index contributed by atoms with van der Waals surface area (Å²) < 4.78 is 10.4. The van der Waals surface area contributed by atoms with E-state index in [1.165, 1.54) is 0 Å². The lowest BCUT2D eigenvalue weighted by atomic mass is 10.1. The number of aryl methyl sites for hydroxylation is 1. The van der Waals surface area contributed by atoms with Gasteiger partial charge in [-0.25, -0.2) is 0 Å². The Morgan fingerprint density at radius 2 is 1.93 bits per heavy atom. The van der Waals surface area contributed by atoms with Gasteiger partial charge in [-0.15, -0.1) is 11.6 Å². The molecule has 1 rings (SSSR count). The van der Waals surface area contributed by atoms with E-state index in [1.807, 2.05) is 19.1 Å². The average Bonchev–Trinajstić information content (AvgIpc) is 2.26. The van der Waals surface area contributed by atoms with Crippen LogP contribution in [0.3, 0.4) is 0 Å². The van der Waals surface area contributed by atoms with Crippen LogP contribution in [0.5, 0.6) is 11.5 Å². The van der Waals surface area contributed by atoms with Crippen molar-refractivity contribution in [2.24, 2.45) is 0 Å². The third-order valence-electron chi connectivity index (χ3n) is 2.28. The largest absolute Gasteiger partial charge is 0.497 e. The summed E-state index contributed by atoms with van der Waals surface area (Å²) in [5.74, 6) is 1.51. The normalized spacial score (nSPS) is 12.3. The number of rotatable bonds is 4. The number of halogens is 1. The molecule has 0 aliphatic rings. The fourth-order valence-electron chi connectivity index (χ4n) is 1.49. The number of benzene rings is 1. The van der Waals surface area contributed by atoms with Crippen molar-refractivity contribution in [3.63, 3.8) is 0 Å². The van der Waals surface area contributed by atoms with Gasteiger partial charge >= 0.3 is 0 Å². The molecule has 1 aromatic rings. The molecule has 0 aromatic heterocycles. The highest BCUT2D eigenvalue weighted by Gasteiger charge is 2.15. The fourth-order valence-corrected chi connectivity index (χ4v) is 1.77. The van der Waals surface area contributed by atoms with E-state index in [1.54, 1.807) is 21.3 Å². The monoisotopic (exact) mass is 229 g/mol. The van der Waals surface area contributed by atoms with Gasteiger partial charge in [-0.1, -0.05) is 0 Å². The summed E-state index contributed by atoms with van der Waals surface area (Å²) in [6.07, 6.45) is 0. The molecule has 84 valence electrons. The maximum atomic E-state index is 6.14. The van der Waals surface area contributed by atoms with Crippen molar-refractivity contribution in [2.45, 2.75) is 12.4 Å². The summed E-state index contributed by atoms with van der Waals surface area (Å²) >= 11 is 6.14. The molecule has 0 amide bonds. The molecule has 15 heavy (non-hydrogen) atoms. The molecule has 3 nitrogen and oxygen atoms in total. The van der Waals surface area contributed by atoms with E-state index in [4.69, 9.17) is 21.1 Å². The predicted octanol–water partition coefficient (Wildman–Crippen LogP) is 2.47. The van der Waals surface area contributed by atoms with Gasteiger partial charge in [0, 0.05) is 11.6 Å². The van der Waals surface area contributed by atoms with Crippen LogP contribution in [0.1, 0.15) is 16.6 Å². The zero-order valence-corrected chi connectivity index (χ0v) is 10.2. The molecule has 1 atom stereocenters. The SMILES string of the molecule is CNC(Cl)c1c(C)cc(OC)cc1OC. The standard InChI is InChI=1S/C11H16ClNO2/c1-7-5-8(14-3)6-9(15-4)10(7)11(12)13-2/h5-6,11,13H,1-4H3. The number of methoxy groups -OCH3 is 2. The number of nitrogens with one attached hydrogen (secondary N) is 1. The molecule has 0 spiro atoms. The van der Waals surface area contributed by atoms with Crippen molar-refractivity contribution < 1.29 is 9.47 Å². The van der Waals surface area contributed by atoms with E-state index >= 15 is 0 Å². The Morgan fingerprint density at radius 3 is 2.40 bits per heavy atom. The molecule has 4 heteroatoms. The minimum Gasteiger partial charge on any atom is -0.497 e. The highest BCUT2D eigenvalue weighted by Crippen LogP contribution is 2.34. The lowest BCUT2D eigenvalue weighted by molar-refractivity contribution is 0.389. The number of hydrogen-bond acceptors (Lipinski definition) is 3. The van der Waals surface area contributed by atoms with E-state index in [0.717, 1.165) is 22.6 Å². The van der Waals surface area contributed by atoms with Crippen molar-refractivity contribution in [3.05, 3.63) is 23.3 Å². The molecule has 0 fully saturated rings. The Labute approximate surface area is 95.3 Å². The molecule has 0 bridgehead atoms. The van der Waals surface area contributed by atoms with Crippen LogP contribution in [0, 0.1) is 6.92 Å². The molecular weight excluding hydrogens is 214 g/mol. The van der Waals surface area contributed by atoms with Crippen molar-refractivity contribution in [3.8, 4) is 11.5 Å². The molecule has 0 saturated heterocycles. The summed E-state index contributed by atoms with van der Waals surface area (Å²) in [5, 5.41) is 2.98. The summed E-state index contributed by atoms with van der Waals surface area (Å²) in [5.41, 5.74) is 1.73. The molecule has 0 aliphatic heterocycles. The first-order valence-corrected chi connectivity index (χ1v) is 5.11. The second-order valence-electron chi connectivity index (χ2n) is 3.21. The lowest BCUT2D eigenvalue weighted by Gasteiger charge is -2.17. The fraction of sp³-hybridized carbons (Fsp3) is 0.455. The Morgan fingerprint density at radius 1 is 1.27 bits per heavy atom. The van der Waals surface area contributed by atoms with Crippen LogP contribution in [0.4, 0.5) is 0 Å².